The summed E-state index contributed by atoms with van der Waals surface area (Å²) in [5, 5.41) is 13.4. The van der Waals surface area contributed by atoms with Crippen LogP contribution in [0.3, 0.4) is 0 Å². The normalized spacial score (nSPS) is 17.2. The summed E-state index contributed by atoms with van der Waals surface area (Å²) in [4.78, 5) is 16.0. The molecule has 0 spiro atoms. The number of para-hydroxylation sites is 1. The average molecular weight is 345 g/mol. The minimum Gasteiger partial charge on any atom is -0.351 e. The zero-order valence-electron chi connectivity index (χ0n) is 14.3. The van der Waals surface area contributed by atoms with Gasteiger partial charge >= 0.3 is 0 Å². The van der Waals surface area contributed by atoms with Crippen molar-refractivity contribution >= 4 is 16.8 Å². The zero-order valence-corrected chi connectivity index (χ0v) is 14.3. The van der Waals surface area contributed by atoms with Crippen molar-refractivity contribution in [1.29, 1.82) is 5.26 Å². The van der Waals surface area contributed by atoms with E-state index in [1.165, 1.54) is 5.56 Å². The van der Waals surface area contributed by atoms with Crippen LogP contribution in [0.15, 0.2) is 48.5 Å². The lowest BCUT2D eigenvalue weighted by Crippen LogP contribution is -2.35. The highest BCUT2D eigenvalue weighted by molar-refractivity contribution is 5.98. The van der Waals surface area contributed by atoms with E-state index in [2.05, 4.69) is 30.2 Å². The first kappa shape index (κ1) is 17.8. The summed E-state index contributed by atoms with van der Waals surface area (Å²) in [5.41, 5.74) is 4.28. The first-order valence-corrected chi connectivity index (χ1v) is 8.39. The number of nitrogens with zero attached hydrogens (tertiary/aromatic N) is 1. The smallest absolute Gasteiger partial charge is 0.268 e. The Morgan fingerprint density at radius 3 is 2.73 bits per heavy atom. The van der Waals surface area contributed by atoms with Crippen molar-refractivity contribution in [2.24, 2.45) is 5.41 Å². The van der Waals surface area contributed by atoms with Gasteiger partial charge in [-0.1, -0.05) is 45.5 Å². The van der Waals surface area contributed by atoms with E-state index in [1.807, 2.05) is 48.5 Å². The molecule has 0 saturated heterocycles. The minimum atomic E-state index is -0.121. The summed E-state index contributed by atoms with van der Waals surface area (Å²) in [6.07, 6.45) is 0.881. The highest BCUT2D eigenvalue weighted by Crippen LogP contribution is 2.45. The van der Waals surface area contributed by atoms with Crippen LogP contribution in [0.4, 0.5) is 0 Å². The molecule has 2 N–H and O–H groups in total. The molecular formula is C22H23N3O. The molecule has 3 aromatic rings. The molecule has 4 heteroatoms. The van der Waals surface area contributed by atoms with Gasteiger partial charge in [0, 0.05) is 10.9 Å². The number of nitriles is 1. The van der Waals surface area contributed by atoms with Crippen molar-refractivity contribution in [2.45, 2.75) is 33.7 Å². The van der Waals surface area contributed by atoms with Gasteiger partial charge in [-0.3, -0.25) is 4.79 Å². The summed E-state index contributed by atoms with van der Waals surface area (Å²) >= 11 is 0. The number of aromatic nitrogens is 1. The van der Waals surface area contributed by atoms with Gasteiger partial charge in [-0.2, -0.15) is 5.26 Å². The molecule has 0 radical (unpaired) electrons. The van der Waals surface area contributed by atoms with Gasteiger partial charge in [-0.05, 0) is 47.2 Å². The van der Waals surface area contributed by atoms with Crippen LogP contribution in [-0.2, 0) is 6.42 Å². The molecule has 0 fully saturated rings. The second-order valence-electron chi connectivity index (χ2n) is 7.37. The number of hydrogen-bond acceptors (Lipinski definition) is 2. The molecule has 26 heavy (non-hydrogen) atoms. The number of nitrogens with one attached hydrogen (secondary N) is 2. The number of aromatic amines is 1. The number of carbonyl (C=O) groups excluding carboxylic acids is 1. The van der Waals surface area contributed by atoms with Gasteiger partial charge in [0.2, 0.25) is 0 Å². The third-order valence-electron chi connectivity index (χ3n) is 5.06. The van der Waals surface area contributed by atoms with Crippen LogP contribution in [-0.4, -0.2) is 10.9 Å². The van der Waals surface area contributed by atoms with E-state index in [0.717, 1.165) is 22.9 Å². The molecule has 1 atom stereocenters. The Morgan fingerprint density at radius 1 is 1.23 bits per heavy atom. The zero-order chi connectivity index (χ0) is 17.6. The molecule has 0 aliphatic heterocycles. The summed E-state index contributed by atoms with van der Waals surface area (Å²) in [6, 6.07) is 17.5. The third-order valence-corrected chi connectivity index (χ3v) is 5.06. The van der Waals surface area contributed by atoms with Crippen molar-refractivity contribution < 1.29 is 4.79 Å². The molecule has 1 heterocycles. The molecule has 1 aliphatic carbocycles. The highest BCUT2D eigenvalue weighted by atomic mass is 16.2. The summed E-state index contributed by atoms with van der Waals surface area (Å²) < 4.78 is 0. The minimum absolute atomic E-state index is 0. The van der Waals surface area contributed by atoms with E-state index in [1.54, 1.807) is 0 Å². The molecular weight excluding hydrogens is 322 g/mol. The van der Waals surface area contributed by atoms with Crippen LogP contribution in [0.1, 0.15) is 54.5 Å². The maximum atomic E-state index is 12.8. The number of H-pyrrole nitrogens is 1. The van der Waals surface area contributed by atoms with Crippen molar-refractivity contribution in [1.82, 2.24) is 10.3 Å². The van der Waals surface area contributed by atoms with Gasteiger partial charge in [-0.25, -0.2) is 0 Å². The van der Waals surface area contributed by atoms with Gasteiger partial charge in [0.15, 0.2) is 0 Å². The molecule has 0 unspecified atom stereocenters. The number of amides is 1. The van der Waals surface area contributed by atoms with Crippen LogP contribution in [0.5, 0.6) is 0 Å². The van der Waals surface area contributed by atoms with Gasteiger partial charge in [0.05, 0.1) is 17.7 Å². The number of benzene rings is 2. The number of fused-ring (bicyclic) bond motifs is 2. The quantitative estimate of drug-likeness (QED) is 0.705. The molecule has 2 aromatic carbocycles. The SMILES string of the molecule is C.CC1(C)Cc2ccc(C#N)cc2[C@@H]1NC(=O)c1cc2ccccc2[nH]1. The van der Waals surface area contributed by atoms with E-state index in [0.29, 0.717) is 11.3 Å². The lowest BCUT2D eigenvalue weighted by molar-refractivity contribution is 0.0899. The van der Waals surface area contributed by atoms with Crippen LogP contribution < -0.4 is 5.32 Å². The Balaban J connectivity index is 0.00000196. The van der Waals surface area contributed by atoms with Crippen LogP contribution >= 0.6 is 0 Å². The number of rotatable bonds is 2. The molecule has 4 rings (SSSR count). The van der Waals surface area contributed by atoms with Gasteiger partial charge < -0.3 is 10.3 Å². The predicted molar refractivity (Wildman–Crippen MR) is 104 cm³/mol. The molecule has 0 saturated carbocycles. The summed E-state index contributed by atoms with van der Waals surface area (Å²) in [6.45, 7) is 4.30. The summed E-state index contributed by atoms with van der Waals surface area (Å²) in [5.74, 6) is -0.121. The van der Waals surface area contributed by atoms with E-state index in [-0.39, 0.29) is 24.8 Å². The Labute approximate surface area is 153 Å². The maximum Gasteiger partial charge on any atom is 0.268 e. The largest absolute Gasteiger partial charge is 0.351 e. The second kappa shape index (κ2) is 6.34. The standard InChI is InChI=1S/C21H19N3O.CH4/c1-21(2)11-15-8-7-13(12-22)9-16(15)19(21)24-20(25)18-10-14-5-3-4-6-17(14)23-18;/h3-10,19,23H,11H2,1-2H3,(H,24,25);1H4/t19-;/m0./s1. The predicted octanol–water partition coefficient (Wildman–Crippen LogP) is 4.73. The second-order valence-corrected chi connectivity index (χ2v) is 7.37. The van der Waals surface area contributed by atoms with E-state index < -0.39 is 0 Å². The first-order valence-electron chi connectivity index (χ1n) is 8.39. The monoisotopic (exact) mass is 345 g/mol. The fraction of sp³-hybridized carbons (Fsp3) is 0.273. The van der Waals surface area contributed by atoms with Crippen molar-refractivity contribution in [3.8, 4) is 6.07 Å². The molecule has 1 amide bonds. The summed E-state index contributed by atoms with van der Waals surface area (Å²) in [7, 11) is 0. The molecule has 4 nitrogen and oxygen atoms in total. The van der Waals surface area contributed by atoms with E-state index >= 15 is 0 Å². The Hall–Kier alpha value is -3.06. The average Bonchev–Trinajstić information content (AvgIpc) is 3.13. The van der Waals surface area contributed by atoms with Crippen LogP contribution in [0.2, 0.25) is 0 Å². The lowest BCUT2D eigenvalue weighted by atomic mass is 9.85. The van der Waals surface area contributed by atoms with Crippen molar-refractivity contribution in [3.05, 3.63) is 70.9 Å². The topological polar surface area (TPSA) is 68.7 Å². The van der Waals surface area contributed by atoms with E-state index in [4.69, 9.17) is 0 Å². The van der Waals surface area contributed by atoms with Crippen LogP contribution in [0.25, 0.3) is 10.9 Å². The first-order chi connectivity index (χ1) is 12.0. The number of carbonyl (C=O) groups is 1. The molecule has 1 aliphatic rings. The molecule has 0 bridgehead atoms. The van der Waals surface area contributed by atoms with E-state index in [9.17, 15) is 10.1 Å². The Bertz CT molecular complexity index is 990. The van der Waals surface area contributed by atoms with Crippen molar-refractivity contribution in [2.75, 3.05) is 0 Å². The molecule has 132 valence electrons. The fourth-order valence-corrected chi connectivity index (χ4v) is 3.79. The number of hydrogen-bond donors (Lipinski definition) is 2. The van der Waals surface area contributed by atoms with Crippen molar-refractivity contribution in [3.63, 3.8) is 0 Å². The Kier molecular flexibility index (Phi) is 4.33. The third kappa shape index (κ3) is 2.86. The van der Waals surface area contributed by atoms with Crippen LogP contribution in [0, 0.1) is 16.7 Å². The fourth-order valence-electron chi connectivity index (χ4n) is 3.79. The molecule has 1 aromatic heterocycles. The Morgan fingerprint density at radius 2 is 2.00 bits per heavy atom. The van der Waals surface area contributed by atoms with Gasteiger partial charge in [0.1, 0.15) is 5.69 Å². The van der Waals surface area contributed by atoms with Gasteiger partial charge in [-0.15, -0.1) is 0 Å². The maximum absolute atomic E-state index is 12.8. The van der Waals surface area contributed by atoms with Gasteiger partial charge in [0.25, 0.3) is 5.91 Å². The highest BCUT2D eigenvalue weighted by Gasteiger charge is 2.40. The lowest BCUT2D eigenvalue weighted by Gasteiger charge is -2.28.